The molecule has 0 aliphatic carbocycles. The highest BCUT2D eigenvalue weighted by molar-refractivity contribution is 5.91. The topological polar surface area (TPSA) is 59.9 Å². The molecule has 1 N–H and O–H groups in total. The second-order valence-corrected chi connectivity index (χ2v) is 6.76. The van der Waals surface area contributed by atoms with Crippen LogP contribution in [-0.2, 0) is 6.54 Å². The molecule has 2 aromatic heterocycles. The van der Waals surface area contributed by atoms with Crippen molar-refractivity contribution in [1.82, 2.24) is 15.0 Å². The van der Waals surface area contributed by atoms with E-state index in [0.29, 0.717) is 12.4 Å². The van der Waals surface area contributed by atoms with Gasteiger partial charge in [-0.25, -0.2) is 15.0 Å². The minimum absolute atomic E-state index is 0.265. The fourth-order valence-electron chi connectivity index (χ4n) is 2.53. The lowest BCUT2D eigenvalue weighted by Crippen LogP contribution is -2.23. The van der Waals surface area contributed by atoms with E-state index in [4.69, 9.17) is 4.74 Å². The molecule has 0 radical (unpaired) electrons. The number of hydrogen-bond acceptors (Lipinski definition) is 5. The zero-order valence-corrected chi connectivity index (χ0v) is 14.5. The van der Waals surface area contributed by atoms with Crippen molar-refractivity contribution in [2.45, 2.75) is 39.8 Å². The fourth-order valence-corrected chi connectivity index (χ4v) is 2.53. The summed E-state index contributed by atoms with van der Waals surface area (Å²) in [7, 11) is 0. The van der Waals surface area contributed by atoms with E-state index < -0.39 is 0 Å². The van der Waals surface area contributed by atoms with Crippen molar-refractivity contribution in [3.8, 4) is 5.88 Å². The van der Waals surface area contributed by atoms with E-state index in [1.165, 1.54) is 0 Å². The first kappa shape index (κ1) is 16.2. The number of anilines is 1. The van der Waals surface area contributed by atoms with Gasteiger partial charge in [-0.2, -0.15) is 0 Å². The van der Waals surface area contributed by atoms with Gasteiger partial charge < -0.3 is 10.1 Å². The Hall–Kier alpha value is -2.69. The third-order valence-electron chi connectivity index (χ3n) is 3.54. The molecule has 0 unspecified atom stereocenters. The normalized spacial score (nSPS) is 11.5. The molecule has 5 heteroatoms. The van der Waals surface area contributed by atoms with Gasteiger partial charge in [0.25, 0.3) is 0 Å². The summed E-state index contributed by atoms with van der Waals surface area (Å²) in [5, 5.41) is 4.46. The number of aryl methyl sites for hydroxylation is 1. The van der Waals surface area contributed by atoms with Gasteiger partial charge in [-0.05, 0) is 51.0 Å². The van der Waals surface area contributed by atoms with Gasteiger partial charge in [0.15, 0.2) is 0 Å². The van der Waals surface area contributed by atoms with Crippen molar-refractivity contribution in [2.24, 2.45) is 0 Å². The van der Waals surface area contributed by atoms with Gasteiger partial charge in [0.1, 0.15) is 17.7 Å². The lowest BCUT2D eigenvalue weighted by Gasteiger charge is -2.20. The highest BCUT2D eigenvalue weighted by atomic mass is 16.5. The Morgan fingerprint density at radius 3 is 2.71 bits per heavy atom. The summed E-state index contributed by atoms with van der Waals surface area (Å²) in [4.78, 5) is 13.0. The summed E-state index contributed by atoms with van der Waals surface area (Å²) in [6.07, 6.45) is 3.35. The minimum Gasteiger partial charge on any atom is -0.472 e. The third-order valence-corrected chi connectivity index (χ3v) is 3.54. The molecule has 24 heavy (non-hydrogen) atoms. The Morgan fingerprint density at radius 1 is 1.08 bits per heavy atom. The number of nitrogens with zero attached hydrogens (tertiary/aromatic N) is 3. The molecule has 0 amide bonds. The summed E-state index contributed by atoms with van der Waals surface area (Å²) >= 11 is 0. The Bertz CT molecular complexity index is 850. The van der Waals surface area contributed by atoms with Crippen LogP contribution < -0.4 is 10.1 Å². The molecule has 0 saturated carbocycles. The van der Waals surface area contributed by atoms with Crippen LogP contribution in [0.15, 0.2) is 42.9 Å². The average Bonchev–Trinajstić information content (AvgIpc) is 2.52. The first-order valence-corrected chi connectivity index (χ1v) is 8.00. The van der Waals surface area contributed by atoms with Crippen LogP contribution in [0.1, 0.15) is 31.9 Å². The molecule has 0 atom stereocenters. The summed E-state index contributed by atoms with van der Waals surface area (Å²) < 4.78 is 5.82. The van der Waals surface area contributed by atoms with E-state index in [1.54, 1.807) is 12.5 Å². The summed E-state index contributed by atoms with van der Waals surface area (Å²) in [6, 6.07) is 10.00. The molecule has 0 aliphatic rings. The predicted octanol–water partition coefficient (Wildman–Crippen LogP) is 4.12. The van der Waals surface area contributed by atoms with E-state index in [2.05, 4.69) is 33.3 Å². The van der Waals surface area contributed by atoms with Gasteiger partial charge in [0.2, 0.25) is 5.88 Å². The molecule has 2 heterocycles. The van der Waals surface area contributed by atoms with Crippen LogP contribution in [0.3, 0.4) is 0 Å². The highest BCUT2D eigenvalue weighted by Crippen LogP contribution is 2.23. The Morgan fingerprint density at radius 2 is 1.92 bits per heavy atom. The van der Waals surface area contributed by atoms with Gasteiger partial charge in [-0.1, -0.05) is 12.1 Å². The molecular formula is C19H22N4O. The van der Waals surface area contributed by atoms with Gasteiger partial charge in [-0.3, -0.25) is 0 Å². The molecule has 0 fully saturated rings. The predicted molar refractivity (Wildman–Crippen MR) is 96.2 cm³/mol. The van der Waals surface area contributed by atoms with Gasteiger partial charge >= 0.3 is 0 Å². The second kappa shape index (κ2) is 6.43. The number of aromatic nitrogens is 3. The average molecular weight is 322 g/mol. The van der Waals surface area contributed by atoms with Crippen LogP contribution in [0.5, 0.6) is 5.88 Å². The van der Waals surface area contributed by atoms with Gasteiger partial charge in [0.05, 0.1) is 5.52 Å². The summed E-state index contributed by atoms with van der Waals surface area (Å²) in [5.41, 5.74) is 2.92. The number of benzene rings is 1. The van der Waals surface area contributed by atoms with Crippen molar-refractivity contribution >= 4 is 16.7 Å². The number of ether oxygens (including phenoxy) is 1. The first-order chi connectivity index (χ1) is 11.4. The Balaban J connectivity index is 1.81. The molecule has 0 saturated heterocycles. The van der Waals surface area contributed by atoms with Crippen molar-refractivity contribution in [1.29, 1.82) is 0 Å². The number of nitrogens with one attached hydrogen (secondary N) is 1. The zero-order chi connectivity index (χ0) is 17.2. The number of rotatable bonds is 4. The smallest absolute Gasteiger partial charge is 0.214 e. The lowest BCUT2D eigenvalue weighted by atomic mass is 10.1. The Labute approximate surface area is 142 Å². The largest absolute Gasteiger partial charge is 0.472 e. The van der Waals surface area contributed by atoms with Crippen LogP contribution >= 0.6 is 0 Å². The van der Waals surface area contributed by atoms with Crippen molar-refractivity contribution in [3.63, 3.8) is 0 Å². The molecule has 3 aromatic rings. The lowest BCUT2D eigenvalue weighted by molar-refractivity contribution is 0.124. The van der Waals surface area contributed by atoms with Crippen LogP contribution in [0.25, 0.3) is 10.9 Å². The van der Waals surface area contributed by atoms with E-state index in [9.17, 15) is 0 Å². The molecule has 0 bridgehead atoms. The third kappa shape index (κ3) is 3.79. The van der Waals surface area contributed by atoms with Crippen molar-refractivity contribution in [2.75, 3.05) is 5.32 Å². The molecule has 0 aliphatic heterocycles. The standard InChI is InChI=1S/C19H22N4O/c1-13-6-5-7-15-17(13)18(23-12-22-15)21-11-14-8-9-20-16(10-14)24-19(2,3)4/h5-10,12H,11H2,1-4H3,(H,21,22,23). The molecular weight excluding hydrogens is 300 g/mol. The summed E-state index contributed by atoms with van der Waals surface area (Å²) in [5.74, 6) is 1.47. The maximum atomic E-state index is 5.82. The SMILES string of the molecule is Cc1cccc2ncnc(NCc3ccnc(OC(C)(C)C)c3)c12. The molecule has 1 aromatic carbocycles. The molecule has 124 valence electrons. The van der Waals surface area contributed by atoms with Crippen molar-refractivity contribution < 1.29 is 4.74 Å². The van der Waals surface area contributed by atoms with Gasteiger partial charge in [-0.15, -0.1) is 0 Å². The molecule has 3 rings (SSSR count). The summed E-state index contributed by atoms with van der Waals surface area (Å²) in [6.45, 7) is 8.74. The van der Waals surface area contributed by atoms with Crippen LogP contribution in [0.4, 0.5) is 5.82 Å². The second-order valence-electron chi connectivity index (χ2n) is 6.76. The number of pyridine rings is 1. The molecule has 0 spiro atoms. The van der Waals surface area contributed by atoms with Crippen LogP contribution in [-0.4, -0.2) is 20.6 Å². The van der Waals surface area contributed by atoms with Gasteiger partial charge in [0, 0.05) is 24.2 Å². The number of fused-ring (bicyclic) bond motifs is 1. The quantitative estimate of drug-likeness (QED) is 0.783. The van der Waals surface area contributed by atoms with E-state index >= 15 is 0 Å². The minimum atomic E-state index is -0.265. The van der Waals surface area contributed by atoms with E-state index in [1.807, 2.05) is 45.0 Å². The van der Waals surface area contributed by atoms with Crippen molar-refractivity contribution in [3.05, 3.63) is 54.0 Å². The highest BCUT2D eigenvalue weighted by Gasteiger charge is 2.13. The van der Waals surface area contributed by atoms with E-state index in [0.717, 1.165) is 27.8 Å². The number of hydrogen-bond donors (Lipinski definition) is 1. The maximum Gasteiger partial charge on any atom is 0.214 e. The fraction of sp³-hybridized carbons (Fsp3) is 0.316. The Kier molecular flexibility index (Phi) is 4.34. The van der Waals surface area contributed by atoms with Crippen LogP contribution in [0.2, 0.25) is 0 Å². The monoisotopic (exact) mass is 322 g/mol. The van der Waals surface area contributed by atoms with Crippen LogP contribution in [0, 0.1) is 6.92 Å². The van der Waals surface area contributed by atoms with E-state index in [-0.39, 0.29) is 5.60 Å². The molecule has 5 nitrogen and oxygen atoms in total. The maximum absolute atomic E-state index is 5.82. The first-order valence-electron chi connectivity index (χ1n) is 8.00. The zero-order valence-electron chi connectivity index (χ0n) is 14.5.